The summed E-state index contributed by atoms with van der Waals surface area (Å²) in [5.41, 5.74) is 0. The molecule has 0 bridgehead atoms. The molecule has 1 radical (unpaired) electrons. The normalized spacial score (nSPS) is 8.57. The fourth-order valence-corrected chi connectivity index (χ4v) is 0. The monoisotopic (exact) mass is 325 g/mol. The Bertz CT molecular complexity index is 27.2. The summed E-state index contributed by atoms with van der Waals surface area (Å²) < 4.78 is 0. The minimum atomic E-state index is -4.61. The van der Waals surface area contributed by atoms with Crippen molar-refractivity contribution in [2.24, 2.45) is 0 Å². The van der Waals surface area contributed by atoms with Crippen LogP contribution in [0.4, 0.5) is 0 Å². The first-order valence-corrected chi connectivity index (χ1v) is 2.68. The SMILES string of the molecule is O[Si](O)(O)O.[La].[SrH2]. The summed E-state index contributed by atoms with van der Waals surface area (Å²) in [7, 11) is -4.61. The molecule has 0 saturated heterocycles. The van der Waals surface area contributed by atoms with Gasteiger partial charge in [-0.2, -0.15) is 0 Å². The van der Waals surface area contributed by atoms with E-state index in [0.29, 0.717) is 0 Å². The van der Waals surface area contributed by atoms with Gasteiger partial charge in [0.15, 0.2) is 0 Å². The third kappa shape index (κ3) is 53.0. The summed E-state index contributed by atoms with van der Waals surface area (Å²) in [6.07, 6.45) is 0. The standard InChI is InChI=1S/La.H4O4Si.Sr.2H/c;1-5(2,3)4;;;/h;1-4H;;;. The van der Waals surface area contributed by atoms with Crippen LogP contribution in [0, 0.1) is 35.6 Å². The van der Waals surface area contributed by atoms with Crippen LogP contribution in [0.2, 0.25) is 0 Å². The first kappa shape index (κ1) is 16.4. The molecular weight excluding hydrogens is 319 g/mol. The molecule has 0 saturated carbocycles. The van der Waals surface area contributed by atoms with Crippen molar-refractivity contribution < 1.29 is 54.8 Å². The third-order valence-corrected chi connectivity index (χ3v) is 0. The fraction of sp³-hybridized carbons (Fsp3) is 0. The van der Waals surface area contributed by atoms with Gasteiger partial charge in [0.05, 0.1) is 0 Å². The van der Waals surface area contributed by atoms with Crippen LogP contribution in [0.25, 0.3) is 0 Å². The Morgan fingerprint density at radius 1 is 0.857 bits per heavy atom. The van der Waals surface area contributed by atoms with Gasteiger partial charge in [-0.25, -0.2) is 0 Å². The Labute approximate surface area is 107 Å². The van der Waals surface area contributed by atoms with Crippen molar-refractivity contribution in [2.45, 2.75) is 0 Å². The van der Waals surface area contributed by atoms with E-state index >= 15 is 0 Å². The maximum atomic E-state index is 7.33. The molecule has 0 aromatic heterocycles. The van der Waals surface area contributed by atoms with Gasteiger partial charge in [0.25, 0.3) is 0 Å². The van der Waals surface area contributed by atoms with E-state index in [0.717, 1.165) is 0 Å². The summed E-state index contributed by atoms with van der Waals surface area (Å²) in [6.45, 7) is 0. The van der Waals surface area contributed by atoms with Gasteiger partial charge in [-0.1, -0.05) is 0 Å². The average molecular weight is 325 g/mol. The molecule has 0 heterocycles. The molecule has 39 valence electrons. The van der Waals surface area contributed by atoms with Gasteiger partial charge in [0.2, 0.25) is 0 Å². The molecule has 4 N–H and O–H groups in total. The number of hydrogen-bond acceptors (Lipinski definition) is 4. The topological polar surface area (TPSA) is 80.9 Å². The maximum absolute atomic E-state index is 7.33. The molecule has 7 heavy (non-hydrogen) atoms. The van der Waals surface area contributed by atoms with Gasteiger partial charge in [-0.15, -0.1) is 0 Å². The van der Waals surface area contributed by atoms with Crippen molar-refractivity contribution in [1.29, 1.82) is 0 Å². The van der Waals surface area contributed by atoms with Crippen LogP contribution in [0.15, 0.2) is 0 Å². The van der Waals surface area contributed by atoms with E-state index in [4.69, 9.17) is 19.2 Å². The second kappa shape index (κ2) is 6.85. The average Bonchev–Trinajstić information content (AvgIpc) is 0.722. The van der Waals surface area contributed by atoms with Crippen LogP contribution in [0.1, 0.15) is 0 Å². The van der Waals surface area contributed by atoms with Crippen molar-refractivity contribution in [3.05, 3.63) is 0 Å². The molecule has 0 aliphatic rings. The predicted octanol–water partition coefficient (Wildman–Crippen LogP) is -3.52. The zero-order chi connectivity index (χ0) is 4.50. The second-order valence-corrected chi connectivity index (χ2v) is 1.80. The van der Waals surface area contributed by atoms with Crippen molar-refractivity contribution in [2.75, 3.05) is 0 Å². The summed E-state index contributed by atoms with van der Waals surface area (Å²) >= 11 is 0. The molecule has 0 atom stereocenters. The van der Waals surface area contributed by atoms with Crippen LogP contribution in [0.5, 0.6) is 0 Å². The Balaban J connectivity index is -0.0000000800. The molecule has 4 nitrogen and oxygen atoms in total. The zero-order valence-corrected chi connectivity index (χ0v) is 7.49. The molecule has 0 spiro atoms. The molecule has 7 heteroatoms. The van der Waals surface area contributed by atoms with E-state index in [2.05, 4.69) is 0 Å². The Morgan fingerprint density at radius 3 is 0.857 bits per heavy atom. The van der Waals surface area contributed by atoms with Gasteiger partial charge >= 0.3 is 54.5 Å². The molecule has 0 fully saturated rings. The minimum absolute atomic E-state index is 0. The van der Waals surface area contributed by atoms with E-state index < -0.39 is 9.05 Å². The predicted molar refractivity (Wildman–Crippen MR) is 23.2 cm³/mol. The Hall–Kier alpha value is 2.73. The van der Waals surface area contributed by atoms with Crippen molar-refractivity contribution in [3.63, 3.8) is 0 Å². The van der Waals surface area contributed by atoms with Crippen LogP contribution < -0.4 is 0 Å². The third-order valence-electron chi connectivity index (χ3n) is 0. The first-order chi connectivity index (χ1) is 2.00. The molecule has 0 unspecified atom stereocenters. The molecule has 0 aliphatic heterocycles. The van der Waals surface area contributed by atoms with E-state index in [1.807, 2.05) is 0 Å². The summed E-state index contributed by atoms with van der Waals surface area (Å²) in [6, 6.07) is 0. The van der Waals surface area contributed by atoms with Crippen LogP contribution in [0.3, 0.4) is 0 Å². The van der Waals surface area contributed by atoms with Gasteiger partial charge in [-0.3, -0.25) is 0 Å². The van der Waals surface area contributed by atoms with E-state index in [-0.39, 0.29) is 81.1 Å². The van der Waals surface area contributed by atoms with E-state index in [1.165, 1.54) is 0 Å². The molecule has 0 amide bonds. The summed E-state index contributed by atoms with van der Waals surface area (Å²) in [5.74, 6) is 0. The van der Waals surface area contributed by atoms with Gasteiger partial charge in [0, 0.05) is 35.6 Å². The van der Waals surface area contributed by atoms with E-state index in [1.54, 1.807) is 0 Å². The van der Waals surface area contributed by atoms with E-state index in [9.17, 15) is 0 Å². The Kier molecular flexibility index (Phi) is 16.0. The van der Waals surface area contributed by atoms with Gasteiger partial charge in [-0.05, 0) is 0 Å². The number of hydrogen-bond donors (Lipinski definition) is 4. The van der Waals surface area contributed by atoms with Crippen molar-refractivity contribution >= 4 is 54.5 Å². The van der Waals surface area contributed by atoms with Gasteiger partial charge in [0.1, 0.15) is 0 Å². The quantitative estimate of drug-likeness (QED) is 0.348. The summed E-state index contributed by atoms with van der Waals surface area (Å²) in [4.78, 5) is 29.3. The van der Waals surface area contributed by atoms with Crippen molar-refractivity contribution in [3.8, 4) is 0 Å². The molecule has 0 aliphatic carbocycles. The van der Waals surface area contributed by atoms with Crippen LogP contribution in [-0.2, 0) is 0 Å². The molecule has 0 aromatic rings. The Morgan fingerprint density at radius 2 is 0.857 bits per heavy atom. The fourth-order valence-electron chi connectivity index (χ4n) is 0. The van der Waals surface area contributed by atoms with Crippen molar-refractivity contribution in [1.82, 2.24) is 0 Å². The number of rotatable bonds is 0. The molecule has 0 rings (SSSR count). The van der Waals surface area contributed by atoms with Crippen LogP contribution in [-0.4, -0.2) is 73.7 Å². The molecule has 0 aromatic carbocycles. The first-order valence-electron chi connectivity index (χ1n) is 0.894. The van der Waals surface area contributed by atoms with Crippen LogP contribution >= 0.6 is 0 Å². The van der Waals surface area contributed by atoms with Gasteiger partial charge < -0.3 is 19.2 Å². The second-order valence-electron chi connectivity index (χ2n) is 0.600. The molecular formula is H6LaO4SiSr. The summed E-state index contributed by atoms with van der Waals surface area (Å²) in [5, 5.41) is 0. The zero-order valence-electron chi connectivity index (χ0n) is 2.87.